The number of benzene rings is 2. The first-order valence-electron chi connectivity index (χ1n) is 7.64. The summed E-state index contributed by atoms with van der Waals surface area (Å²) in [7, 11) is 0. The minimum absolute atomic E-state index is 0.574. The van der Waals surface area contributed by atoms with Gasteiger partial charge in [-0.15, -0.1) is 10.2 Å². The number of aryl methyl sites for hydroxylation is 2. The molecule has 0 aliphatic heterocycles. The molecule has 0 amide bonds. The second kappa shape index (κ2) is 7.73. The number of rotatable bonds is 6. The summed E-state index contributed by atoms with van der Waals surface area (Å²) in [6, 6.07) is 15.6. The van der Waals surface area contributed by atoms with Crippen LogP contribution in [0.25, 0.3) is 5.69 Å². The minimum atomic E-state index is 0.574. The Morgan fingerprint density at radius 2 is 1.92 bits per heavy atom. The van der Waals surface area contributed by atoms with Gasteiger partial charge in [-0.25, -0.2) is 0 Å². The molecule has 0 unspecified atom stereocenters. The molecule has 0 fully saturated rings. The third-order valence-corrected chi connectivity index (χ3v) is 4.66. The summed E-state index contributed by atoms with van der Waals surface area (Å²) in [6.45, 7) is 4.63. The van der Waals surface area contributed by atoms with Crippen LogP contribution in [0.3, 0.4) is 0 Å². The third kappa shape index (κ3) is 3.91. The molecule has 0 saturated heterocycles. The van der Waals surface area contributed by atoms with Gasteiger partial charge in [0.1, 0.15) is 11.6 Å². The molecule has 24 heavy (non-hydrogen) atoms. The van der Waals surface area contributed by atoms with Gasteiger partial charge in [0.25, 0.3) is 0 Å². The lowest BCUT2D eigenvalue weighted by Crippen LogP contribution is -2.04. The van der Waals surface area contributed by atoms with Crippen LogP contribution in [0.15, 0.2) is 53.7 Å². The number of aromatic nitrogens is 3. The minimum Gasteiger partial charge on any atom is -0.493 e. The zero-order chi connectivity index (χ0) is 16.9. The summed E-state index contributed by atoms with van der Waals surface area (Å²) in [5.41, 5.74) is 2.30. The van der Waals surface area contributed by atoms with E-state index in [1.165, 1.54) is 5.56 Å². The Morgan fingerprint density at radius 3 is 2.71 bits per heavy atom. The highest BCUT2D eigenvalue weighted by atomic mass is 35.5. The van der Waals surface area contributed by atoms with E-state index >= 15 is 0 Å². The Morgan fingerprint density at radius 1 is 1.08 bits per heavy atom. The van der Waals surface area contributed by atoms with Crippen molar-refractivity contribution in [3.8, 4) is 11.4 Å². The van der Waals surface area contributed by atoms with Crippen LogP contribution >= 0.6 is 23.4 Å². The van der Waals surface area contributed by atoms with E-state index in [-0.39, 0.29) is 0 Å². The Bertz CT molecular complexity index is 835. The molecule has 4 nitrogen and oxygen atoms in total. The number of hydrogen-bond donors (Lipinski definition) is 0. The van der Waals surface area contributed by atoms with Gasteiger partial charge >= 0.3 is 0 Å². The molecule has 0 spiro atoms. The summed E-state index contributed by atoms with van der Waals surface area (Å²) in [4.78, 5) is 0. The zero-order valence-corrected chi connectivity index (χ0v) is 15.1. The van der Waals surface area contributed by atoms with Gasteiger partial charge in [-0.05, 0) is 43.7 Å². The van der Waals surface area contributed by atoms with E-state index < -0.39 is 0 Å². The highest BCUT2D eigenvalue weighted by Gasteiger charge is 2.12. The van der Waals surface area contributed by atoms with Crippen LogP contribution in [0.1, 0.15) is 11.4 Å². The van der Waals surface area contributed by atoms with Gasteiger partial charge in [0.05, 0.1) is 12.3 Å². The Kier molecular flexibility index (Phi) is 5.43. The third-order valence-electron chi connectivity index (χ3n) is 3.53. The van der Waals surface area contributed by atoms with Gasteiger partial charge in [0.15, 0.2) is 5.16 Å². The van der Waals surface area contributed by atoms with Crippen LogP contribution in [-0.2, 0) is 0 Å². The quantitative estimate of drug-likeness (QED) is 0.472. The molecule has 3 aromatic rings. The van der Waals surface area contributed by atoms with Crippen LogP contribution in [0.5, 0.6) is 5.75 Å². The Labute approximate surface area is 150 Å². The topological polar surface area (TPSA) is 39.9 Å². The largest absolute Gasteiger partial charge is 0.493 e. The van der Waals surface area contributed by atoms with Crippen molar-refractivity contribution in [1.82, 2.24) is 14.8 Å². The van der Waals surface area contributed by atoms with Crippen molar-refractivity contribution in [2.75, 3.05) is 12.4 Å². The number of nitrogens with zero attached hydrogens (tertiary/aromatic N) is 3. The van der Waals surface area contributed by atoms with Gasteiger partial charge in [0.2, 0.25) is 0 Å². The highest BCUT2D eigenvalue weighted by Crippen LogP contribution is 2.24. The molecule has 1 heterocycles. The molecule has 0 saturated carbocycles. The van der Waals surface area contributed by atoms with E-state index in [4.69, 9.17) is 16.3 Å². The summed E-state index contributed by atoms with van der Waals surface area (Å²) in [5.74, 6) is 2.43. The standard InChI is InChI=1S/C18H18ClN3OS/c1-13-6-3-4-9-17(13)22-14(2)20-21-18(22)24-11-10-23-16-8-5-7-15(19)12-16/h3-9,12H,10-11H2,1-2H3. The molecule has 0 aliphatic rings. The Balaban J connectivity index is 1.65. The van der Waals surface area contributed by atoms with Gasteiger partial charge in [-0.2, -0.15) is 0 Å². The highest BCUT2D eigenvalue weighted by molar-refractivity contribution is 7.99. The van der Waals surface area contributed by atoms with Crippen molar-refractivity contribution >= 4 is 23.4 Å². The van der Waals surface area contributed by atoms with Crippen LogP contribution < -0.4 is 4.74 Å². The SMILES string of the molecule is Cc1ccccc1-n1c(C)nnc1SCCOc1cccc(Cl)c1. The molecule has 2 aromatic carbocycles. The fraction of sp³-hybridized carbons (Fsp3) is 0.222. The molecule has 1 aromatic heterocycles. The first-order chi connectivity index (χ1) is 11.6. The first-order valence-corrected chi connectivity index (χ1v) is 9.00. The summed E-state index contributed by atoms with van der Waals surface area (Å²) in [5, 5.41) is 10.1. The molecule has 0 bridgehead atoms. The van der Waals surface area contributed by atoms with Crippen molar-refractivity contribution in [1.29, 1.82) is 0 Å². The van der Waals surface area contributed by atoms with Crippen LogP contribution in [-0.4, -0.2) is 27.1 Å². The molecule has 0 atom stereocenters. The lowest BCUT2D eigenvalue weighted by Gasteiger charge is -2.11. The van der Waals surface area contributed by atoms with E-state index in [2.05, 4.69) is 33.8 Å². The molecule has 124 valence electrons. The second-order valence-corrected chi connectivity index (χ2v) is 6.80. The van der Waals surface area contributed by atoms with E-state index in [1.54, 1.807) is 11.8 Å². The van der Waals surface area contributed by atoms with Crippen molar-refractivity contribution in [2.24, 2.45) is 0 Å². The van der Waals surface area contributed by atoms with Crippen LogP contribution in [0.4, 0.5) is 0 Å². The van der Waals surface area contributed by atoms with Crippen LogP contribution in [0.2, 0.25) is 5.02 Å². The normalized spacial score (nSPS) is 10.8. The predicted molar refractivity (Wildman–Crippen MR) is 98.5 cm³/mol. The molecular weight excluding hydrogens is 342 g/mol. The molecule has 6 heteroatoms. The lowest BCUT2D eigenvalue weighted by molar-refractivity contribution is 0.344. The van der Waals surface area contributed by atoms with E-state index in [0.29, 0.717) is 11.6 Å². The maximum absolute atomic E-state index is 5.95. The number of hydrogen-bond acceptors (Lipinski definition) is 4. The average molecular weight is 360 g/mol. The predicted octanol–water partition coefficient (Wildman–Crippen LogP) is 4.71. The van der Waals surface area contributed by atoms with Gasteiger partial charge in [0, 0.05) is 10.8 Å². The number of para-hydroxylation sites is 1. The second-order valence-electron chi connectivity index (χ2n) is 5.31. The first kappa shape index (κ1) is 16.9. The summed E-state index contributed by atoms with van der Waals surface area (Å²) < 4.78 is 7.80. The zero-order valence-electron chi connectivity index (χ0n) is 13.6. The van der Waals surface area contributed by atoms with Crippen molar-refractivity contribution in [3.63, 3.8) is 0 Å². The van der Waals surface area contributed by atoms with Crippen molar-refractivity contribution in [3.05, 3.63) is 64.9 Å². The van der Waals surface area contributed by atoms with Crippen molar-refractivity contribution < 1.29 is 4.74 Å². The van der Waals surface area contributed by atoms with E-state index in [0.717, 1.165) is 28.2 Å². The smallest absolute Gasteiger partial charge is 0.195 e. The number of ether oxygens (including phenoxy) is 1. The van der Waals surface area contributed by atoms with Crippen molar-refractivity contribution in [2.45, 2.75) is 19.0 Å². The van der Waals surface area contributed by atoms with Gasteiger partial charge < -0.3 is 4.74 Å². The van der Waals surface area contributed by atoms with Gasteiger partial charge in [-0.1, -0.05) is 47.6 Å². The van der Waals surface area contributed by atoms with Crippen LogP contribution in [0, 0.1) is 13.8 Å². The molecule has 3 rings (SSSR count). The van der Waals surface area contributed by atoms with E-state index in [9.17, 15) is 0 Å². The fourth-order valence-electron chi connectivity index (χ4n) is 2.38. The summed E-state index contributed by atoms with van der Waals surface area (Å²) >= 11 is 7.58. The number of halogens is 1. The molecule has 0 aliphatic carbocycles. The Hall–Kier alpha value is -1.98. The van der Waals surface area contributed by atoms with Gasteiger partial charge in [-0.3, -0.25) is 4.57 Å². The fourth-order valence-corrected chi connectivity index (χ4v) is 3.36. The molecule has 0 N–H and O–H groups in total. The average Bonchev–Trinajstić information content (AvgIpc) is 2.93. The van der Waals surface area contributed by atoms with E-state index in [1.807, 2.05) is 43.3 Å². The molecule has 0 radical (unpaired) electrons. The maximum atomic E-state index is 5.95. The summed E-state index contributed by atoms with van der Waals surface area (Å²) in [6.07, 6.45) is 0. The number of thioether (sulfide) groups is 1. The lowest BCUT2D eigenvalue weighted by atomic mass is 10.2. The monoisotopic (exact) mass is 359 g/mol. The maximum Gasteiger partial charge on any atom is 0.195 e. The molecular formula is C18H18ClN3OS.